The van der Waals surface area contributed by atoms with Gasteiger partial charge in [-0.2, -0.15) is 8.78 Å². The second-order valence-electron chi connectivity index (χ2n) is 5.09. The summed E-state index contributed by atoms with van der Waals surface area (Å²) >= 11 is 0. The van der Waals surface area contributed by atoms with Crippen LogP contribution in [0.25, 0.3) is 0 Å². The smallest absolute Gasteiger partial charge is 0.387 e. The molecule has 0 unspecified atom stereocenters. The first-order valence-electron chi connectivity index (χ1n) is 7.27. The van der Waals surface area contributed by atoms with E-state index >= 15 is 0 Å². The van der Waals surface area contributed by atoms with Gasteiger partial charge in [0, 0.05) is 11.6 Å². The first kappa shape index (κ1) is 20.2. The van der Waals surface area contributed by atoms with Crippen LogP contribution in [-0.4, -0.2) is 45.9 Å². The van der Waals surface area contributed by atoms with E-state index in [4.69, 9.17) is 9.47 Å². The zero-order valence-electron chi connectivity index (χ0n) is 13.4. The van der Waals surface area contributed by atoms with E-state index in [0.717, 1.165) is 25.9 Å². The summed E-state index contributed by atoms with van der Waals surface area (Å²) in [5.74, 6) is -0.513. The van der Waals surface area contributed by atoms with Gasteiger partial charge in [-0.15, -0.1) is 12.4 Å². The van der Waals surface area contributed by atoms with Crippen molar-refractivity contribution in [2.75, 3.05) is 27.3 Å². The van der Waals surface area contributed by atoms with Crippen molar-refractivity contribution in [2.24, 2.45) is 0 Å². The lowest BCUT2D eigenvalue weighted by Crippen LogP contribution is -2.42. The summed E-state index contributed by atoms with van der Waals surface area (Å²) in [6.45, 7) is -1.33. The van der Waals surface area contributed by atoms with Gasteiger partial charge in [-0.05, 0) is 38.1 Å². The Bertz CT molecular complexity index is 529. The third-order valence-electron chi connectivity index (χ3n) is 3.60. The van der Waals surface area contributed by atoms with Crippen LogP contribution in [0, 0.1) is 0 Å². The minimum Gasteiger partial charge on any atom is -0.493 e. The standard InChI is InChI=1S/C15H20F2N2O4.ClH/c1-21-11-7-9(8-12(22-2)13(11)23-15(16)17)14(20)19-10-3-5-18-6-4-10;/h7-8,10,15,18H,3-6H2,1-2H3,(H,19,20);1H. The average Bonchev–Trinajstić information content (AvgIpc) is 2.55. The Balaban J connectivity index is 0.00000288. The first-order valence-corrected chi connectivity index (χ1v) is 7.27. The van der Waals surface area contributed by atoms with Crippen LogP contribution in [-0.2, 0) is 0 Å². The molecular formula is C15H21ClF2N2O4. The number of carbonyl (C=O) groups is 1. The fraction of sp³-hybridized carbons (Fsp3) is 0.533. The van der Waals surface area contributed by atoms with E-state index in [9.17, 15) is 13.6 Å². The normalized spacial score (nSPS) is 14.7. The van der Waals surface area contributed by atoms with Gasteiger partial charge in [-0.25, -0.2) is 0 Å². The Morgan fingerprint density at radius 3 is 2.21 bits per heavy atom. The number of carbonyl (C=O) groups excluding carboxylic acids is 1. The first-order chi connectivity index (χ1) is 11.0. The lowest BCUT2D eigenvalue weighted by Gasteiger charge is -2.24. The van der Waals surface area contributed by atoms with Crippen LogP contribution in [0.4, 0.5) is 8.78 Å². The van der Waals surface area contributed by atoms with Crippen LogP contribution < -0.4 is 24.8 Å². The molecule has 0 atom stereocenters. The maximum absolute atomic E-state index is 12.5. The zero-order valence-corrected chi connectivity index (χ0v) is 14.3. The Hall–Kier alpha value is -1.80. The number of halogens is 3. The van der Waals surface area contributed by atoms with Gasteiger partial charge in [0.1, 0.15) is 0 Å². The van der Waals surface area contributed by atoms with Crippen LogP contribution in [0.3, 0.4) is 0 Å². The van der Waals surface area contributed by atoms with Gasteiger partial charge in [0.15, 0.2) is 11.5 Å². The predicted molar refractivity (Wildman–Crippen MR) is 86.8 cm³/mol. The number of benzene rings is 1. The Kier molecular flexibility index (Phi) is 8.00. The van der Waals surface area contributed by atoms with E-state index in [0.29, 0.717) is 0 Å². The van der Waals surface area contributed by atoms with Crippen LogP contribution in [0.15, 0.2) is 12.1 Å². The van der Waals surface area contributed by atoms with E-state index in [2.05, 4.69) is 15.4 Å². The second kappa shape index (κ2) is 9.48. The molecule has 1 aliphatic rings. The molecule has 2 rings (SSSR count). The van der Waals surface area contributed by atoms with Crippen molar-refractivity contribution < 1.29 is 27.8 Å². The summed E-state index contributed by atoms with van der Waals surface area (Å²) in [4.78, 5) is 12.4. The highest BCUT2D eigenvalue weighted by atomic mass is 35.5. The third-order valence-corrected chi connectivity index (χ3v) is 3.60. The minimum atomic E-state index is -3.02. The van der Waals surface area contributed by atoms with Crippen molar-refractivity contribution in [2.45, 2.75) is 25.5 Å². The van der Waals surface area contributed by atoms with Gasteiger partial charge >= 0.3 is 6.61 Å². The SMILES string of the molecule is COc1cc(C(=O)NC2CCNCC2)cc(OC)c1OC(F)F.Cl. The number of nitrogens with one attached hydrogen (secondary N) is 2. The van der Waals surface area contributed by atoms with Gasteiger partial charge < -0.3 is 24.8 Å². The highest BCUT2D eigenvalue weighted by Gasteiger charge is 2.22. The molecule has 9 heteroatoms. The molecule has 0 aromatic heterocycles. The van der Waals surface area contributed by atoms with E-state index < -0.39 is 6.61 Å². The molecule has 0 spiro atoms. The molecule has 6 nitrogen and oxygen atoms in total. The number of hydrogen-bond donors (Lipinski definition) is 2. The molecule has 2 N–H and O–H groups in total. The lowest BCUT2D eigenvalue weighted by atomic mass is 10.1. The summed E-state index contributed by atoms with van der Waals surface area (Å²) in [6.07, 6.45) is 1.68. The third kappa shape index (κ3) is 5.10. The summed E-state index contributed by atoms with van der Waals surface area (Å²) < 4.78 is 39.5. The van der Waals surface area contributed by atoms with Crippen LogP contribution in [0.5, 0.6) is 17.2 Å². The molecule has 24 heavy (non-hydrogen) atoms. The van der Waals surface area contributed by atoms with Gasteiger partial charge in [0.25, 0.3) is 5.91 Å². The van der Waals surface area contributed by atoms with Gasteiger partial charge in [0.2, 0.25) is 5.75 Å². The highest BCUT2D eigenvalue weighted by molar-refractivity contribution is 5.95. The number of piperidine rings is 1. The van der Waals surface area contributed by atoms with Crippen molar-refractivity contribution in [3.05, 3.63) is 17.7 Å². The molecule has 0 bridgehead atoms. The maximum atomic E-state index is 12.5. The number of methoxy groups -OCH3 is 2. The molecule has 1 amide bonds. The lowest BCUT2D eigenvalue weighted by molar-refractivity contribution is -0.0526. The minimum absolute atomic E-state index is 0. The maximum Gasteiger partial charge on any atom is 0.387 e. The second-order valence-corrected chi connectivity index (χ2v) is 5.09. The van der Waals surface area contributed by atoms with Crippen LogP contribution in [0.1, 0.15) is 23.2 Å². The van der Waals surface area contributed by atoms with E-state index in [-0.39, 0.29) is 47.2 Å². The quantitative estimate of drug-likeness (QED) is 0.808. The molecule has 1 saturated heterocycles. The van der Waals surface area contributed by atoms with Crippen LogP contribution in [0.2, 0.25) is 0 Å². The molecule has 0 saturated carbocycles. The molecular weight excluding hydrogens is 346 g/mol. The van der Waals surface area contributed by atoms with E-state index in [1.54, 1.807) is 0 Å². The van der Waals surface area contributed by atoms with Crippen molar-refractivity contribution >= 4 is 18.3 Å². The van der Waals surface area contributed by atoms with Crippen molar-refractivity contribution in [1.82, 2.24) is 10.6 Å². The van der Waals surface area contributed by atoms with Gasteiger partial charge in [-0.3, -0.25) is 4.79 Å². The number of alkyl halides is 2. The predicted octanol–water partition coefficient (Wildman–Crippen LogP) is 2.21. The summed E-state index contributed by atoms with van der Waals surface area (Å²) in [5, 5.41) is 6.13. The van der Waals surface area contributed by atoms with Crippen molar-refractivity contribution in [1.29, 1.82) is 0 Å². The molecule has 136 valence electrons. The van der Waals surface area contributed by atoms with Gasteiger partial charge in [0.05, 0.1) is 14.2 Å². The highest BCUT2D eigenvalue weighted by Crippen LogP contribution is 2.39. The molecule has 1 fully saturated rings. The Morgan fingerprint density at radius 1 is 1.21 bits per heavy atom. The monoisotopic (exact) mass is 366 g/mol. The summed E-state index contributed by atoms with van der Waals surface area (Å²) in [7, 11) is 2.61. The zero-order chi connectivity index (χ0) is 16.8. The largest absolute Gasteiger partial charge is 0.493 e. The fourth-order valence-electron chi connectivity index (χ4n) is 2.45. The average molecular weight is 367 g/mol. The Labute approximate surface area is 145 Å². The molecule has 1 aliphatic heterocycles. The van der Waals surface area contributed by atoms with Crippen molar-refractivity contribution in [3.63, 3.8) is 0 Å². The summed E-state index contributed by atoms with van der Waals surface area (Å²) in [5.41, 5.74) is 0.263. The molecule has 1 aromatic carbocycles. The molecule has 1 aromatic rings. The molecule has 0 aliphatic carbocycles. The molecule has 1 heterocycles. The van der Waals surface area contributed by atoms with E-state index in [1.165, 1.54) is 26.4 Å². The number of ether oxygens (including phenoxy) is 3. The fourth-order valence-corrected chi connectivity index (χ4v) is 2.45. The van der Waals surface area contributed by atoms with Crippen molar-refractivity contribution in [3.8, 4) is 17.2 Å². The topological polar surface area (TPSA) is 68.8 Å². The van der Waals surface area contributed by atoms with Crippen LogP contribution >= 0.6 is 12.4 Å². The molecule has 0 radical (unpaired) electrons. The number of amides is 1. The number of hydrogen-bond acceptors (Lipinski definition) is 5. The summed E-state index contributed by atoms with van der Waals surface area (Å²) in [6, 6.07) is 2.80. The van der Waals surface area contributed by atoms with E-state index in [1.807, 2.05) is 0 Å². The van der Waals surface area contributed by atoms with Gasteiger partial charge in [-0.1, -0.05) is 0 Å². The Morgan fingerprint density at radius 2 is 1.75 bits per heavy atom. The number of rotatable bonds is 6.